The number of nitrogens with zero attached hydrogens (tertiary/aromatic N) is 2. The number of rotatable bonds is 3. The average molecular weight is 234 g/mol. The quantitative estimate of drug-likeness (QED) is 0.456. The summed E-state index contributed by atoms with van der Waals surface area (Å²) >= 11 is 0. The van der Waals surface area contributed by atoms with Crippen LogP contribution in [0.25, 0.3) is 0 Å². The number of nitro benzene ring substituents is 1. The van der Waals surface area contributed by atoms with Gasteiger partial charge in [0.2, 0.25) is 0 Å². The van der Waals surface area contributed by atoms with E-state index < -0.39 is 4.92 Å². The number of carbonyl (C=O) groups is 1. The van der Waals surface area contributed by atoms with Crippen LogP contribution in [0.2, 0.25) is 0 Å². The predicted molar refractivity (Wildman–Crippen MR) is 64.1 cm³/mol. The van der Waals surface area contributed by atoms with E-state index in [1.54, 1.807) is 12.1 Å². The van der Waals surface area contributed by atoms with Crippen LogP contribution >= 0.6 is 0 Å². The lowest BCUT2D eigenvalue weighted by Crippen LogP contribution is -2.35. The van der Waals surface area contributed by atoms with Crippen LogP contribution in [0.4, 0.5) is 11.4 Å². The van der Waals surface area contributed by atoms with Gasteiger partial charge < -0.3 is 9.69 Å². The van der Waals surface area contributed by atoms with Crippen LogP contribution in [-0.2, 0) is 4.79 Å². The Hall–Kier alpha value is -1.91. The van der Waals surface area contributed by atoms with E-state index in [1.165, 1.54) is 12.1 Å². The van der Waals surface area contributed by atoms with Crippen LogP contribution in [0.3, 0.4) is 0 Å². The zero-order valence-corrected chi connectivity index (χ0v) is 9.41. The Morgan fingerprint density at radius 3 is 2.65 bits per heavy atom. The molecule has 90 valence electrons. The van der Waals surface area contributed by atoms with Crippen molar-refractivity contribution in [1.29, 1.82) is 0 Å². The van der Waals surface area contributed by atoms with Crippen molar-refractivity contribution in [3.63, 3.8) is 0 Å². The van der Waals surface area contributed by atoms with Gasteiger partial charge in [-0.05, 0) is 25.0 Å². The van der Waals surface area contributed by atoms with E-state index >= 15 is 0 Å². The summed E-state index contributed by atoms with van der Waals surface area (Å²) in [7, 11) is 0. The Kier molecular flexibility index (Phi) is 3.37. The minimum atomic E-state index is -0.409. The smallest absolute Gasteiger partial charge is 0.269 e. The van der Waals surface area contributed by atoms with Crippen molar-refractivity contribution in [3.05, 3.63) is 34.4 Å². The molecule has 5 nitrogen and oxygen atoms in total. The van der Waals surface area contributed by atoms with E-state index in [-0.39, 0.29) is 11.6 Å². The summed E-state index contributed by atoms with van der Waals surface area (Å²) in [6.45, 7) is 1.61. The fourth-order valence-electron chi connectivity index (χ4n) is 2.14. The molecule has 1 atom stereocenters. The molecule has 0 amide bonds. The fraction of sp³-hybridized carbons (Fsp3) is 0.417. The largest absolute Gasteiger partial charge is 0.371 e. The average Bonchev–Trinajstić information content (AvgIpc) is 2.39. The van der Waals surface area contributed by atoms with Crippen LogP contribution in [0.15, 0.2) is 24.3 Å². The summed E-state index contributed by atoms with van der Waals surface area (Å²) < 4.78 is 0. The lowest BCUT2D eigenvalue weighted by Gasteiger charge is -2.31. The minimum absolute atomic E-state index is 0.0824. The van der Waals surface area contributed by atoms with Crippen LogP contribution in [0.1, 0.15) is 12.8 Å². The predicted octanol–water partition coefficient (Wildman–Crippen LogP) is 2.01. The molecule has 1 fully saturated rings. The molecule has 1 heterocycles. The zero-order valence-electron chi connectivity index (χ0n) is 9.41. The lowest BCUT2D eigenvalue weighted by molar-refractivity contribution is -0.384. The highest BCUT2D eigenvalue weighted by Crippen LogP contribution is 2.24. The van der Waals surface area contributed by atoms with Gasteiger partial charge in [-0.15, -0.1) is 0 Å². The van der Waals surface area contributed by atoms with Gasteiger partial charge in [0.15, 0.2) is 0 Å². The Labute approximate surface area is 99.2 Å². The molecule has 0 saturated carbocycles. The van der Waals surface area contributed by atoms with Gasteiger partial charge in [0, 0.05) is 36.8 Å². The van der Waals surface area contributed by atoms with Crippen molar-refractivity contribution in [2.75, 3.05) is 18.0 Å². The molecule has 17 heavy (non-hydrogen) atoms. The number of hydrogen-bond donors (Lipinski definition) is 0. The summed E-state index contributed by atoms with van der Waals surface area (Å²) in [5, 5.41) is 10.5. The second-order valence-corrected chi connectivity index (χ2v) is 4.26. The van der Waals surface area contributed by atoms with Crippen molar-refractivity contribution in [1.82, 2.24) is 0 Å². The van der Waals surface area contributed by atoms with Gasteiger partial charge in [0.1, 0.15) is 6.29 Å². The topological polar surface area (TPSA) is 63.5 Å². The molecule has 0 radical (unpaired) electrons. The maximum Gasteiger partial charge on any atom is 0.269 e. The Bertz CT molecular complexity index is 416. The summed E-state index contributed by atoms with van der Waals surface area (Å²) in [4.78, 5) is 23.0. The third-order valence-electron chi connectivity index (χ3n) is 3.08. The van der Waals surface area contributed by atoms with Crippen LogP contribution in [0, 0.1) is 16.0 Å². The normalized spacial score (nSPS) is 20.0. The van der Waals surface area contributed by atoms with Crippen molar-refractivity contribution < 1.29 is 9.72 Å². The molecular formula is C12H14N2O3. The van der Waals surface area contributed by atoms with E-state index in [0.717, 1.165) is 31.4 Å². The molecule has 0 aliphatic carbocycles. The first-order valence-corrected chi connectivity index (χ1v) is 5.65. The first-order chi connectivity index (χ1) is 8.20. The molecule has 5 heteroatoms. The molecule has 1 aromatic rings. The van der Waals surface area contributed by atoms with Crippen LogP contribution < -0.4 is 4.90 Å². The molecule has 1 aliphatic heterocycles. The molecule has 0 spiro atoms. The molecular weight excluding hydrogens is 220 g/mol. The number of piperidine rings is 1. The van der Waals surface area contributed by atoms with E-state index in [0.29, 0.717) is 6.54 Å². The van der Waals surface area contributed by atoms with Gasteiger partial charge in [-0.2, -0.15) is 0 Å². The SMILES string of the molecule is O=CC1CCCN(c2ccc([N+](=O)[O-])cc2)C1. The zero-order chi connectivity index (χ0) is 12.3. The molecule has 0 N–H and O–H groups in total. The van der Waals surface area contributed by atoms with Crippen molar-refractivity contribution in [2.45, 2.75) is 12.8 Å². The summed E-state index contributed by atoms with van der Waals surface area (Å²) in [5.41, 5.74) is 1.04. The maximum atomic E-state index is 10.8. The van der Waals surface area contributed by atoms with Crippen molar-refractivity contribution in [2.24, 2.45) is 5.92 Å². The molecule has 1 aromatic carbocycles. The highest BCUT2D eigenvalue weighted by atomic mass is 16.6. The van der Waals surface area contributed by atoms with E-state index in [1.807, 2.05) is 0 Å². The molecule has 1 unspecified atom stereocenters. The maximum absolute atomic E-state index is 10.8. The van der Waals surface area contributed by atoms with Crippen LogP contribution in [-0.4, -0.2) is 24.3 Å². The third kappa shape index (κ3) is 2.61. The van der Waals surface area contributed by atoms with Crippen molar-refractivity contribution >= 4 is 17.7 Å². The molecule has 1 saturated heterocycles. The van der Waals surface area contributed by atoms with Gasteiger partial charge in [-0.25, -0.2) is 0 Å². The molecule has 1 aliphatic rings. The Balaban J connectivity index is 2.11. The number of hydrogen-bond acceptors (Lipinski definition) is 4. The number of aldehydes is 1. The minimum Gasteiger partial charge on any atom is -0.371 e. The number of carbonyl (C=O) groups excluding carboxylic acids is 1. The molecule has 2 rings (SSSR count). The second-order valence-electron chi connectivity index (χ2n) is 4.26. The van der Waals surface area contributed by atoms with Gasteiger partial charge >= 0.3 is 0 Å². The standard InChI is InChI=1S/C12H14N2O3/c15-9-10-2-1-7-13(8-10)11-3-5-12(6-4-11)14(16)17/h3-6,9-10H,1-2,7-8H2. The van der Waals surface area contributed by atoms with E-state index in [9.17, 15) is 14.9 Å². The molecule has 0 aromatic heterocycles. The Morgan fingerprint density at radius 1 is 1.35 bits per heavy atom. The van der Waals surface area contributed by atoms with Crippen LogP contribution in [0.5, 0.6) is 0 Å². The number of anilines is 1. The van der Waals surface area contributed by atoms with E-state index in [4.69, 9.17) is 0 Å². The van der Waals surface area contributed by atoms with E-state index in [2.05, 4.69) is 4.90 Å². The lowest BCUT2D eigenvalue weighted by atomic mass is 9.99. The number of nitro groups is 1. The van der Waals surface area contributed by atoms with Gasteiger partial charge in [0.25, 0.3) is 5.69 Å². The highest BCUT2D eigenvalue weighted by molar-refractivity contribution is 5.58. The summed E-state index contributed by atoms with van der Waals surface area (Å²) in [6.07, 6.45) is 2.92. The van der Waals surface area contributed by atoms with Gasteiger partial charge in [-0.1, -0.05) is 0 Å². The second kappa shape index (κ2) is 4.95. The van der Waals surface area contributed by atoms with Gasteiger partial charge in [-0.3, -0.25) is 10.1 Å². The monoisotopic (exact) mass is 234 g/mol. The van der Waals surface area contributed by atoms with Crippen molar-refractivity contribution in [3.8, 4) is 0 Å². The number of benzene rings is 1. The fourth-order valence-corrected chi connectivity index (χ4v) is 2.14. The Morgan fingerprint density at radius 2 is 2.06 bits per heavy atom. The van der Waals surface area contributed by atoms with Gasteiger partial charge in [0.05, 0.1) is 4.92 Å². The number of non-ortho nitro benzene ring substituents is 1. The summed E-state index contributed by atoms with van der Waals surface area (Å²) in [5.74, 6) is 0.0824. The first kappa shape index (κ1) is 11.6. The third-order valence-corrected chi connectivity index (χ3v) is 3.08. The molecule has 0 bridgehead atoms. The first-order valence-electron chi connectivity index (χ1n) is 5.65. The highest BCUT2D eigenvalue weighted by Gasteiger charge is 2.19. The summed E-state index contributed by atoms with van der Waals surface area (Å²) in [6, 6.07) is 6.48.